The molecular formula is C32H40F2N6O5. The predicted molar refractivity (Wildman–Crippen MR) is 163 cm³/mol. The van der Waals surface area contributed by atoms with Gasteiger partial charge in [0, 0.05) is 37.8 Å². The van der Waals surface area contributed by atoms with Crippen molar-refractivity contribution >= 4 is 28.9 Å². The molecule has 2 amide bonds. The van der Waals surface area contributed by atoms with Crippen LogP contribution in [0.5, 0.6) is 5.75 Å². The lowest BCUT2D eigenvalue weighted by atomic mass is 9.92. The number of para-hydroxylation sites is 2. The molecule has 0 spiro atoms. The lowest BCUT2D eigenvalue weighted by molar-refractivity contribution is -0.132. The van der Waals surface area contributed by atoms with E-state index < -0.39 is 24.2 Å². The number of amides is 2. The fraction of sp³-hybridized carbons (Fsp3) is 0.562. The van der Waals surface area contributed by atoms with Gasteiger partial charge in [0.15, 0.2) is 5.82 Å². The van der Waals surface area contributed by atoms with Crippen LogP contribution < -0.4 is 15.0 Å². The van der Waals surface area contributed by atoms with Crippen LogP contribution in [-0.2, 0) is 14.3 Å². The molecule has 242 valence electrons. The highest BCUT2D eigenvalue weighted by Gasteiger charge is 2.39. The molecule has 3 aromatic rings. The molecule has 1 atom stereocenters. The number of hydrogen-bond acceptors (Lipinski definition) is 8. The van der Waals surface area contributed by atoms with Crippen molar-refractivity contribution < 1.29 is 32.6 Å². The van der Waals surface area contributed by atoms with E-state index in [1.807, 2.05) is 11.0 Å². The zero-order valence-corrected chi connectivity index (χ0v) is 25.9. The maximum absolute atomic E-state index is 14.2. The van der Waals surface area contributed by atoms with Crippen LogP contribution in [0.2, 0.25) is 0 Å². The fourth-order valence-corrected chi connectivity index (χ4v) is 6.36. The molecule has 0 radical (unpaired) electrons. The number of alkyl carbamates (subject to hydrolysis) is 1. The number of rotatable bonds is 7. The highest BCUT2D eigenvalue weighted by molar-refractivity contribution is 5.87. The zero-order chi connectivity index (χ0) is 31.7. The quantitative estimate of drug-likeness (QED) is 0.390. The van der Waals surface area contributed by atoms with E-state index in [2.05, 4.69) is 15.2 Å². The Morgan fingerprint density at radius 3 is 2.42 bits per heavy atom. The van der Waals surface area contributed by atoms with Gasteiger partial charge < -0.3 is 29.3 Å². The van der Waals surface area contributed by atoms with E-state index in [9.17, 15) is 18.4 Å². The number of alkyl halides is 2. The predicted octanol–water partition coefficient (Wildman–Crippen LogP) is 5.01. The van der Waals surface area contributed by atoms with Gasteiger partial charge in [-0.3, -0.25) is 9.36 Å². The first kappa shape index (κ1) is 31.0. The Morgan fingerprint density at radius 1 is 1.00 bits per heavy atom. The molecule has 3 fully saturated rings. The minimum Gasteiger partial charge on any atom is -0.490 e. The topological polar surface area (TPSA) is 111 Å². The molecule has 13 heteroatoms. The van der Waals surface area contributed by atoms with Crippen molar-refractivity contribution in [3.8, 4) is 11.6 Å². The Labute approximate surface area is 260 Å². The molecule has 4 heterocycles. The first-order chi connectivity index (χ1) is 21.6. The van der Waals surface area contributed by atoms with Crippen molar-refractivity contribution in [1.29, 1.82) is 0 Å². The van der Waals surface area contributed by atoms with Crippen molar-refractivity contribution in [2.75, 3.05) is 37.7 Å². The van der Waals surface area contributed by atoms with E-state index >= 15 is 0 Å². The van der Waals surface area contributed by atoms with Gasteiger partial charge in [0.05, 0.1) is 30.4 Å². The number of benzene rings is 1. The van der Waals surface area contributed by atoms with Gasteiger partial charge in [-0.15, -0.1) is 0 Å². The van der Waals surface area contributed by atoms with Gasteiger partial charge in [0.2, 0.25) is 5.91 Å². The number of anilines is 1. The summed E-state index contributed by atoms with van der Waals surface area (Å²) in [4.78, 5) is 38.3. The summed E-state index contributed by atoms with van der Waals surface area (Å²) in [6.45, 7) is 8.28. The molecule has 0 bridgehead atoms. The SMILES string of the molecule is CC(C)(C)OC(=O)N[C@H]1CCN(C2CCC(Oc3cc(N4CCOCC4)nc(-n4c(C(F)F)nc5ccccc54)c3)CC2)C1=O. The van der Waals surface area contributed by atoms with Crippen molar-refractivity contribution in [1.82, 2.24) is 24.8 Å². The standard InChI is InChI=1S/C32H40F2N6O5/c1-32(2,3)45-31(42)36-24-12-13-39(30(24)41)20-8-10-21(11-9-20)44-22-18-26(38-14-16-43-17-15-38)37-27(19-22)40-25-7-5-4-6-23(25)35-29(40)28(33)34/h4-7,18-21,24,28H,8-17H2,1-3H3,(H,36,42)/t20?,21?,24-/m0/s1. The van der Waals surface area contributed by atoms with Crippen molar-refractivity contribution in [2.24, 2.45) is 0 Å². The Kier molecular flexibility index (Phi) is 8.80. The van der Waals surface area contributed by atoms with Gasteiger partial charge in [-0.2, -0.15) is 0 Å². The molecular weight excluding hydrogens is 586 g/mol. The van der Waals surface area contributed by atoms with Crippen LogP contribution in [0.15, 0.2) is 36.4 Å². The van der Waals surface area contributed by atoms with Gasteiger partial charge in [-0.05, 0) is 65.0 Å². The first-order valence-electron chi connectivity index (χ1n) is 15.6. The van der Waals surface area contributed by atoms with E-state index in [1.165, 1.54) is 4.57 Å². The minimum atomic E-state index is -2.79. The monoisotopic (exact) mass is 626 g/mol. The molecule has 2 aromatic heterocycles. The van der Waals surface area contributed by atoms with E-state index in [1.54, 1.807) is 51.1 Å². The lowest BCUT2D eigenvalue weighted by Gasteiger charge is -2.35. The number of nitrogens with zero attached hydrogens (tertiary/aromatic N) is 5. The molecule has 1 aromatic carbocycles. The molecule has 2 aliphatic heterocycles. The number of hydrogen-bond donors (Lipinski definition) is 1. The Morgan fingerprint density at radius 2 is 1.71 bits per heavy atom. The lowest BCUT2D eigenvalue weighted by Crippen LogP contribution is -2.47. The second kappa shape index (κ2) is 12.8. The largest absolute Gasteiger partial charge is 0.490 e. The third-order valence-corrected chi connectivity index (χ3v) is 8.44. The summed E-state index contributed by atoms with van der Waals surface area (Å²) in [6, 6.07) is 10.1. The van der Waals surface area contributed by atoms with Crippen LogP contribution in [0.25, 0.3) is 16.9 Å². The van der Waals surface area contributed by atoms with Gasteiger partial charge in [-0.25, -0.2) is 23.5 Å². The normalized spacial score (nSPS) is 22.7. The van der Waals surface area contributed by atoms with Gasteiger partial charge >= 0.3 is 6.09 Å². The van der Waals surface area contributed by atoms with Crippen LogP contribution in [-0.4, -0.2) is 88.1 Å². The summed E-state index contributed by atoms with van der Waals surface area (Å²) >= 11 is 0. The number of ether oxygens (including phenoxy) is 3. The molecule has 1 N–H and O–H groups in total. The first-order valence-corrected chi connectivity index (χ1v) is 15.6. The number of imidazole rings is 1. The second-order valence-corrected chi connectivity index (χ2v) is 12.8. The molecule has 11 nitrogen and oxygen atoms in total. The number of carbonyl (C=O) groups excluding carboxylic acids is 2. The number of pyridine rings is 1. The molecule has 0 unspecified atom stereocenters. The number of aromatic nitrogens is 3. The average molecular weight is 627 g/mol. The van der Waals surface area contributed by atoms with E-state index in [0.29, 0.717) is 67.7 Å². The highest BCUT2D eigenvalue weighted by Crippen LogP contribution is 2.34. The highest BCUT2D eigenvalue weighted by atomic mass is 19.3. The summed E-state index contributed by atoms with van der Waals surface area (Å²) < 4.78 is 47.2. The third-order valence-electron chi connectivity index (χ3n) is 8.44. The maximum atomic E-state index is 14.2. The minimum absolute atomic E-state index is 0.0608. The van der Waals surface area contributed by atoms with Gasteiger partial charge in [-0.1, -0.05) is 12.1 Å². The van der Waals surface area contributed by atoms with Crippen LogP contribution >= 0.6 is 0 Å². The summed E-state index contributed by atoms with van der Waals surface area (Å²) in [5.41, 5.74) is 0.368. The molecule has 45 heavy (non-hydrogen) atoms. The van der Waals surface area contributed by atoms with Crippen LogP contribution in [0, 0.1) is 0 Å². The third kappa shape index (κ3) is 6.98. The molecule has 1 aliphatic carbocycles. The summed E-state index contributed by atoms with van der Waals surface area (Å²) in [5, 5.41) is 2.72. The number of morpholine rings is 1. The van der Waals surface area contributed by atoms with E-state index in [-0.39, 0.29) is 23.9 Å². The Balaban J connectivity index is 1.17. The summed E-state index contributed by atoms with van der Waals surface area (Å²) in [6.07, 6.45) is 0.00455. The number of carbonyl (C=O) groups is 2. The maximum Gasteiger partial charge on any atom is 0.408 e. The summed E-state index contributed by atoms with van der Waals surface area (Å²) in [7, 11) is 0. The van der Waals surface area contributed by atoms with Crippen LogP contribution in [0.1, 0.15) is 65.1 Å². The van der Waals surface area contributed by atoms with Crippen LogP contribution in [0.3, 0.4) is 0 Å². The summed E-state index contributed by atoms with van der Waals surface area (Å²) in [5.74, 6) is 1.04. The van der Waals surface area contributed by atoms with E-state index in [4.69, 9.17) is 19.2 Å². The molecule has 3 aliphatic rings. The van der Waals surface area contributed by atoms with Crippen molar-refractivity contribution in [3.05, 3.63) is 42.2 Å². The zero-order valence-electron chi connectivity index (χ0n) is 25.9. The number of nitrogens with one attached hydrogen (secondary N) is 1. The second-order valence-electron chi connectivity index (χ2n) is 12.8. The number of fused-ring (bicyclic) bond motifs is 1. The van der Waals surface area contributed by atoms with Gasteiger partial charge in [0.1, 0.15) is 29.0 Å². The van der Waals surface area contributed by atoms with Gasteiger partial charge in [0.25, 0.3) is 6.43 Å². The molecule has 2 saturated heterocycles. The van der Waals surface area contributed by atoms with E-state index in [0.717, 1.165) is 25.7 Å². The fourth-order valence-electron chi connectivity index (χ4n) is 6.36. The molecule has 6 rings (SSSR count). The smallest absolute Gasteiger partial charge is 0.408 e. The van der Waals surface area contributed by atoms with Crippen molar-refractivity contribution in [2.45, 2.75) is 83.1 Å². The number of halogens is 2. The molecule has 1 saturated carbocycles. The average Bonchev–Trinajstić information content (AvgIpc) is 3.57. The Bertz CT molecular complexity index is 1530. The Hall–Kier alpha value is -4.00. The van der Waals surface area contributed by atoms with Crippen LogP contribution in [0.4, 0.5) is 19.4 Å². The number of likely N-dealkylation sites (tertiary alicyclic amines) is 1. The van der Waals surface area contributed by atoms with Crippen molar-refractivity contribution in [3.63, 3.8) is 0 Å².